The molecule has 0 unspecified atom stereocenters. The van der Waals surface area contributed by atoms with Crippen LogP contribution in [-0.4, -0.2) is 25.1 Å². The van der Waals surface area contributed by atoms with E-state index in [1.807, 2.05) is 24.4 Å². The van der Waals surface area contributed by atoms with Crippen LogP contribution in [0.25, 0.3) is 5.82 Å². The highest BCUT2D eigenvalue weighted by Crippen LogP contribution is 2.04. The van der Waals surface area contributed by atoms with E-state index in [2.05, 4.69) is 14.9 Å². The lowest BCUT2D eigenvalue weighted by Crippen LogP contribution is -2.01. The summed E-state index contributed by atoms with van der Waals surface area (Å²) in [7, 11) is 0. The van der Waals surface area contributed by atoms with Gasteiger partial charge in [0.1, 0.15) is 0 Å². The first-order chi connectivity index (χ1) is 8.63. The molecule has 0 atom stereocenters. The first kappa shape index (κ1) is 13.5. The Morgan fingerprint density at radius 3 is 2.72 bits per heavy atom. The highest BCUT2D eigenvalue weighted by atomic mass is 16.9. The van der Waals surface area contributed by atoms with Crippen LogP contribution in [0.1, 0.15) is 5.56 Å². The number of nitrogens with zero attached hydrogens (tertiary/aromatic N) is 4. The number of nitrogens with two attached hydrogens (primary N) is 1. The summed E-state index contributed by atoms with van der Waals surface area (Å²) in [4.78, 5) is 17.1. The molecule has 0 spiro atoms. The highest BCUT2D eigenvalue weighted by molar-refractivity contribution is 5.23. The van der Waals surface area contributed by atoms with Gasteiger partial charge in [-0.2, -0.15) is 5.10 Å². The minimum absolute atomic E-state index is 0.367. The Bertz CT molecular complexity index is 466. The fourth-order valence-corrected chi connectivity index (χ4v) is 1.14. The van der Waals surface area contributed by atoms with Gasteiger partial charge in [-0.05, 0) is 17.7 Å². The molecule has 18 heavy (non-hydrogen) atoms. The maximum absolute atomic E-state index is 8.36. The molecule has 2 rings (SSSR count). The Kier molecular flexibility index (Phi) is 5.22. The van der Waals surface area contributed by atoms with Crippen molar-refractivity contribution >= 4 is 0 Å². The summed E-state index contributed by atoms with van der Waals surface area (Å²) in [6, 6.07) is 5.61. The van der Waals surface area contributed by atoms with Crippen molar-refractivity contribution in [3.05, 3.63) is 52.5 Å². The molecule has 0 saturated carbocycles. The first-order valence-corrected chi connectivity index (χ1v) is 4.73. The van der Waals surface area contributed by atoms with Gasteiger partial charge in [-0.25, -0.2) is 15.6 Å². The fraction of sp³-hybridized carbons (Fsp3) is 0.111. The van der Waals surface area contributed by atoms with E-state index in [-0.39, 0.29) is 0 Å². The zero-order valence-electron chi connectivity index (χ0n) is 9.21. The van der Waals surface area contributed by atoms with Gasteiger partial charge in [0.2, 0.25) is 0 Å². The molecule has 3 N–H and O–H groups in total. The minimum Gasteiger partial charge on any atom is -0.328 e. The molecular weight excluding hydrogens is 242 g/mol. The van der Waals surface area contributed by atoms with Crippen LogP contribution in [0.4, 0.5) is 0 Å². The number of aromatic nitrogens is 3. The summed E-state index contributed by atoms with van der Waals surface area (Å²) in [5.41, 5.74) is 0.934. The van der Waals surface area contributed by atoms with Gasteiger partial charge in [0.15, 0.2) is 5.82 Å². The van der Waals surface area contributed by atoms with Crippen LogP contribution in [0.2, 0.25) is 0 Å². The van der Waals surface area contributed by atoms with Gasteiger partial charge in [0.25, 0.3) is 5.09 Å². The van der Waals surface area contributed by atoms with Crippen molar-refractivity contribution in [1.29, 1.82) is 0 Å². The van der Waals surface area contributed by atoms with Gasteiger partial charge >= 0.3 is 0 Å². The van der Waals surface area contributed by atoms with E-state index < -0.39 is 5.09 Å². The summed E-state index contributed by atoms with van der Waals surface area (Å²) < 4.78 is 1.69. The third kappa shape index (κ3) is 4.55. The van der Waals surface area contributed by atoms with Crippen molar-refractivity contribution < 1.29 is 15.1 Å². The third-order valence-electron chi connectivity index (χ3n) is 1.80. The lowest BCUT2D eigenvalue weighted by atomic mass is 10.3. The molecule has 9 nitrogen and oxygen atoms in total. The van der Waals surface area contributed by atoms with Crippen LogP contribution in [0, 0.1) is 10.1 Å². The molecule has 0 aliphatic heterocycles. The lowest BCUT2D eigenvalue weighted by Gasteiger charge is -2.01. The van der Waals surface area contributed by atoms with Crippen LogP contribution in [0.15, 0.2) is 36.8 Å². The molecule has 0 amide bonds. The van der Waals surface area contributed by atoms with E-state index >= 15 is 0 Å². The van der Waals surface area contributed by atoms with Crippen molar-refractivity contribution in [2.45, 2.75) is 6.61 Å². The van der Waals surface area contributed by atoms with Gasteiger partial charge in [-0.3, -0.25) is 4.84 Å². The number of hydrogen-bond acceptors (Lipinski definition) is 6. The van der Waals surface area contributed by atoms with Crippen LogP contribution >= 0.6 is 0 Å². The van der Waals surface area contributed by atoms with Gasteiger partial charge < -0.3 is 5.21 Å². The molecule has 96 valence electrons. The van der Waals surface area contributed by atoms with E-state index in [9.17, 15) is 0 Å². The molecule has 0 saturated heterocycles. The maximum Gasteiger partial charge on any atom is 0.291 e. The van der Waals surface area contributed by atoms with Crippen LogP contribution in [0.5, 0.6) is 0 Å². The summed E-state index contributed by atoms with van der Waals surface area (Å²) in [5.74, 6) is 5.72. The summed E-state index contributed by atoms with van der Waals surface area (Å²) in [6.45, 7) is 0.367. The lowest BCUT2D eigenvalue weighted by molar-refractivity contribution is -0.742. The Balaban J connectivity index is 0.000000357. The maximum atomic E-state index is 8.36. The van der Waals surface area contributed by atoms with Crippen molar-refractivity contribution in [1.82, 2.24) is 14.8 Å². The first-order valence-electron chi connectivity index (χ1n) is 4.73. The monoisotopic (exact) mass is 253 g/mol. The molecule has 0 bridgehead atoms. The zero-order valence-corrected chi connectivity index (χ0v) is 9.21. The van der Waals surface area contributed by atoms with E-state index in [1.165, 1.54) is 0 Å². The van der Waals surface area contributed by atoms with Crippen LogP contribution in [-0.2, 0) is 11.4 Å². The molecule has 0 radical (unpaired) electrons. The molecule has 0 fully saturated rings. The van der Waals surface area contributed by atoms with Crippen LogP contribution in [0.3, 0.4) is 0 Å². The number of hydrogen-bond donors (Lipinski definition) is 2. The van der Waals surface area contributed by atoms with Gasteiger partial charge in [-0.1, -0.05) is 6.07 Å². The summed E-state index contributed by atoms with van der Waals surface area (Å²) in [5, 5.41) is 17.7. The van der Waals surface area contributed by atoms with Gasteiger partial charge in [0.05, 0.1) is 6.61 Å². The van der Waals surface area contributed by atoms with Gasteiger partial charge in [-0.15, -0.1) is 10.1 Å². The quantitative estimate of drug-likeness (QED) is 0.594. The van der Waals surface area contributed by atoms with E-state index in [4.69, 9.17) is 21.2 Å². The molecular formula is C9H11N5O4. The molecule has 2 aromatic heterocycles. The average Bonchev–Trinajstić information content (AvgIpc) is 2.83. The highest BCUT2D eigenvalue weighted by Gasteiger charge is 1.97. The average molecular weight is 253 g/mol. The van der Waals surface area contributed by atoms with Crippen molar-refractivity contribution in [3.8, 4) is 5.82 Å². The normalized spacial score (nSPS) is 9.39. The Morgan fingerprint density at radius 2 is 2.28 bits per heavy atom. The largest absolute Gasteiger partial charge is 0.328 e. The van der Waals surface area contributed by atoms with Crippen molar-refractivity contribution in [2.24, 2.45) is 5.90 Å². The summed E-state index contributed by atoms with van der Waals surface area (Å²) >= 11 is 0. The van der Waals surface area contributed by atoms with E-state index in [1.54, 1.807) is 17.1 Å². The second-order valence-corrected chi connectivity index (χ2v) is 3.02. The topological polar surface area (TPSA) is 129 Å². The van der Waals surface area contributed by atoms with Crippen molar-refractivity contribution in [2.75, 3.05) is 0 Å². The summed E-state index contributed by atoms with van der Waals surface area (Å²) in [6.07, 6.45) is 5.25. The predicted octanol–water partition coefficient (Wildman–Crippen LogP) is 0.310. The molecule has 2 heterocycles. The molecule has 9 heteroatoms. The molecule has 2 aromatic rings. The fourth-order valence-electron chi connectivity index (χ4n) is 1.14. The van der Waals surface area contributed by atoms with Crippen LogP contribution < -0.4 is 5.90 Å². The molecule has 0 aromatic carbocycles. The van der Waals surface area contributed by atoms with Crippen molar-refractivity contribution in [3.63, 3.8) is 0 Å². The predicted molar refractivity (Wildman–Crippen MR) is 59.1 cm³/mol. The minimum atomic E-state index is -1.50. The standard InChI is InChI=1S/C9H10N4O.HNO3/c10-14-7-8-2-3-9(11-6-8)13-5-1-4-12-13;2-1(3)4/h1-6H,7,10H2;(H,2,3,4). The smallest absolute Gasteiger partial charge is 0.291 e. The molecule has 0 aliphatic carbocycles. The third-order valence-corrected chi connectivity index (χ3v) is 1.80. The number of rotatable bonds is 3. The Morgan fingerprint density at radius 1 is 1.56 bits per heavy atom. The second kappa shape index (κ2) is 6.93. The van der Waals surface area contributed by atoms with E-state index in [0.717, 1.165) is 11.4 Å². The Labute approximate surface area is 101 Å². The number of pyridine rings is 1. The zero-order chi connectivity index (χ0) is 13.4. The second-order valence-electron chi connectivity index (χ2n) is 3.02. The van der Waals surface area contributed by atoms with E-state index in [0.29, 0.717) is 6.61 Å². The van der Waals surface area contributed by atoms with Gasteiger partial charge in [0, 0.05) is 18.6 Å². The SMILES string of the molecule is NOCc1ccc(-n2cccn2)nc1.O=[N+]([O-])O. The molecule has 0 aliphatic rings. The Hall–Kier alpha value is -2.52.